The van der Waals surface area contributed by atoms with Crippen LogP contribution >= 0.6 is 0 Å². The number of pyridine rings is 2. The van der Waals surface area contributed by atoms with Gasteiger partial charge in [0, 0.05) is 23.2 Å². The van der Waals surface area contributed by atoms with E-state index in [1.807, 2.05) is 60.7 Å². The first-order valence-corrected chi connectivity index (χ1v) is 7.87. The molecular weight excluding hydrogens is 388 g/mol. The molecule has 4 aromatic rings. The summed E-state index contributed by atoms with van der Waals surface area (Å²) in [5.74, 6) is 0. The second kappa shape index (κ2) is 8.84. The average Bonchev–Trinajstić information content (AvgIpc) is 2.64. The Morgan fingerprint density at radius 2 is 0.917 bits per heavy atom. The molecule has 2 aromatic carbocycles. The quantitative estimate of drug-likeness (QED) is 0.444. The Bertz CT molecular complexity index is 971. The number of nitrogens with one attached hydrogen (secondary N) is 2. The number of rotatable bonds is 0. The summed E-state index contributed by atoms with van der Waals surface area (Å²) >= 11 is 0.700. The molecule has 6 heteroatoms. The van der Waals surface area contributed by atoms with Crippen molar-refractivity contribution >= 4 is 21.8 Å². The topological polar surface area (TPSA) is 82.8 Å². The van der Waals surface area contributed by atoms with Crippen LogP contribution in [-0.4, -0.2) is 9.97 Å². The summed E-state index contributed by atoms with van der Waals surface area (Å²) in [5, 5.41) is 2.12. The van der Waals surface area contributed by atoms with Crippen molar-refractivity contribution < 1.29 is 23.2 Å². The number of fused-ring (bicyclic) bond motifs is 2. The third-order valence-corrected chi connectivity index (χ3v) is 3.27. The number of aromatic amines is 2. The fourth-order valence-electron chi connectivity index (χ4n) is 2.19. The van der Waals surface area contributed by atoms with E-state index in [0.717, 1.165) is 21.8 Å². The number of aromatic nitrogens is 2. The van der Waals surface area contributed by atoms with E-state index >= 15 is 0 Å². The van der Waals surface area contributed by atoms with Gasteiger partial charge in [0.15, 0.2) is 0 Å². The van der Waals surface area contributed by atoms with Crippen molar-refractivity contribution in [2.24, 2.45) is 0 Å². The van der Waals surface area contributed by atoms with Gasteiger partial charge in [0.1, 0.15) is 0 Å². The number of para-hydroxylation sites is 2. The van der Waals surface area contributed by atoms with Gasteiger partial charge in [-0.1, -0.05) is 36.4 Å². The molecule has 0 atom stereocenters. The van der Waals surface area contributed by atoms with Gasteiger partial charge >= 0.3 is 23.2 Å². The Hall–Kier alpha value is -2.65. The minimum atomic E-state index is -0.0521. The van der Waals surface area contributed by atoms with Gasteiger partial charge in [-0.2, -0.15) is 0 Å². The summed E-state index contributed by atoms with van der Waals surface area (Å²) in [6.07, 6.45) is 0. The van der Waals surface area contributed by atoms with Gasteiger partial charge < -0.3 is 9.97 Å². The van der Waals surface area contributed by atoms with Gasteiger partial charge in [-0.25, -0.2) is 0 Å². The summed E-state index contributed by atoms with van der Waals surface area (Å²) in [5.41, 5.74) is 1.67. The molecule has 0 spiro atoms. The fraction of sp³-hybridized carbons (Fsp3) is 0. The van der Waals surface area contributed by atoms with Crippen LogP contribution in [0.15, 0.2) is 82.4 Å². The van der Waals surface area contributed by atoms with E-state index in [-0.39, 0.29) is 11.1 Å². The van der Waals surface area contributed by atoms with Crippen molar-refractivity contribution in [1.29, 1.82) is 0 Å². The molecule has 0 aliphatic carbocycles. The van der Waals surface area contributed by atoms with Crippen LogP contribution in [0.4, 0.5) is 0 Å². The normalized spacial score (nSPS) is 9.50. The number of hydrogen-bond donors (Lipinski definition) is 2. The van der Waals surface area contributed by atoms with Crippen molar-refractivity contribution in [3.8, 4) is 0 Å². The van der Waals surface area contributed by atoms with E-state index < -0.39 is 0 Å². The first kappa shape index (κ1) is 17.7. The molecule has 0 saturated heterocycles. The molecule has 120 valence electrons. The van der Waals surface area contributed by atoms with E-state index in [9.17, 15) is 9.59 Å². The Labute approximate surface area is 148 Å². The van der Waals surface area contributed by atoms with E-state index in [1.165, 1.54) is 12.1 Å². The molecule has 0 aliphatic rings. The fourth-order valence-corrected chi connectivity index (χ4v) is 2.19. The van der Waals surface area contributed by atoms with Crippen molar-refractivity contribution in [2.45, 2.75) is 0 Å². The van der Waals surface area contributed by atoms with Crippen LogP contribution < -0.4 is 11.1 Å². The van der Waals surface area contributed by atoms with Gasteiger partial charge in [0.25, 0.3) is 0 Å². The van der Waals surface area contributed by atoms with Crippen LogP contribution in [-0.2, 0) is 23.2 Å². The number of H-pyrrole nitrogens is 2. The van der Waals surface area contributed by atoms with Gasteiger partial charge in [-0.05, 0) is 35.0 Å². The zero-order valence-corrected chi connectivity index (χ0v) is 14.6. The maximum atomic E-state index is 10.8. The van der Waals surface area contributed by atoms with Crippen LogP contribution in [0.5, 0.6) is 0 Å². The second-order valence-electron chi connectivity index (χ2n) is 4.82. The van der Waals surface area contributed by atoms with E-state index in [1.54, 1.807) is 0 Å². The molecule has 0 aliphatic heterocycles. The van der Waals surface area contributed by atoms with E-state index in [4.69, 9.17) is 3.40 Å². The minimum absolute atomic E-state index is 0.0521. The van der Waals surface area contributed by atoms with Gasteiger partial charge in [-0.15, -0.1) is 0 Å². The molecule has 0 radical (unpaired) electrons. The molecule has 0 amide bonds. The number of hydrogen-bond acceptors (Lipinski definition) is 3. The second-order valence-corrected chi connectivity index (χ2v) is 4.82. The number of benzene rings is 2. The Balaban J connectivity index is 0.000000158. The zero-order chi connectivity index (χ0) is 17.4. The predicted molar refractivity (Wildman–Crippen MR) is 89.8 cm³/mol. The van der Waals surface area contributed by atoms with Crippen LogP contribution in [0.25, 0.3) is 21.8 Å². The van der Waals surface area contributed by atoms with Crippen LogP contribution in [0.2, 0.25) is 0 Å². The average molecular weight is 402 g/mol. The Morgan fingerprint density at radius 1 is 0.542 bits per heavy atom. The predicted octanol–water partition coefficient (Wildman–Crippen LogP) is 2.93. The summed E-state index contributed by atoms with van der Waals surface area (Å²) in [4.78, 5) is 27.1. The first-order chi connectivity index (χ1) is 11.7. The zero-order valence-electron chi connectivity index (χ0n) is 12.6. The Kier molecular flexibility index (Phi) is 6.52. The third-order valence-electron chi connectivity index (χ3n) is 3.27. The van der Waals surface area contributed by atoms with Crippen LogP contribution in [0, 0.1) is 0 Å². The molecule has 0 unspecified atom stereocenters. The van der Waals surface area contributed by atoms with Crippen molar-refractivity contribution in [3.63, 3.8) is 0 Å². The van der Waals surface area contributed by atoms with E-state index in [2.05, 4.69) is 9.97 Å². The Morgan fingerprint density at radius 3 is 1.33 bits per heavy atom. The molecule has 5 nitrogen and oxygen atoms in total. The van der Waals surface area contributed by atoms with Crippen LogP contribution in [0.1, 0.15) is 0 Å². The summed E-state index contributed by atoms with van der Waals surface area (Å²) in [6, 6.07) is 22.1. The summed E-state index contributed by atoms with van der Waals surface area (Å²) in [6.45, 7) is 0. The molecule has 2 N–H and O–H groups in total. The van der Waals surface area contributed by atoms with Gasteiger partial charge in [0.2, 0.25) is 11.1 Å². The molecular formula is C18H14MoN2O3. The van der Waals surface area contributed by atoms with Gasteiger partial charge in [-0.3, -0.25) is 9.59 Å². The standard InChI is InChI=1S/2C9H7NO.Mo.O/c2*11-9-6-5-7-3-1-2-4-8(7)10-9;;/h2*1-6H,(H,10,11);;. The van der Waals surface area contributed by atoms with Crippen molar-refractivity contribution in [2.75, 3.05) is 0 Å². The molecule has 4 rings (SSSR count). The SMILES string of the molecule is O=c1ccc2ccccc2[nH]1.O=c1ccc2ccccc2[nH]1.[O]=[Mo]. The van der Waals surface area contributed by atoms with Gasteiger partial charge in [0.05, 0.1) is 0 Å². The monoisotopic (exact) mass is 404 g/mol. The summed E-state index contributed by atoms with van der Waals surface area (Å²) in [7, 11) is 0. The molecule has 24 heavy (non-hydrogen) atoms. The third kappa shape index (κ3) is 4.67. The molecule has 0 saturated carbocycles. The molecule has 0 fully saturated rings. The molecule has 2 aromatic heterocycles. The van der Waals surface area contributed by atoms with Crippen LogP contribution in [0.3, 0.4) is 0 Å². The van der Waals surface area contributed by atoms with Crippen molar-refractivity contribution in [3.05, 3.63) is 93.5 Å². The first-order valence-electron chi connectivity index (χ1n) is 7.05. The molecule has 2 heterocycles. The molecule has 0 bridgehead atoms. The maximum absolute atomic E-state index is 10.8. The summed E-state index contributed by atoms with van der Waals surface area (Å²) < 4.78 is 8.26. The van der Waals surface area contributed by atoms with E-state index in [0.29, 0.717) is 19.8 Å². The van der Waals surface area contributed by atoms with Crippen molar-refractivity contribution in [1.82, 2.24) is 9.97 Å².